The first-order valence-electron chi connectivity index (χ1n) is 7.81. The summed E-state index contributed by atoms with van der Waals surface area (Å²) in [5.41, 5.74) is 1.79. The van der Waals surface area contributed by atoms with Crippen molar-refractivity contribution in [3.05, 3.63) is 0 Å². The van der Waals surface area contributed by atoms with Crippen LogP contribution in [0.15, 0.2) is 4.99 Å². The van der Waals surface area contributed by atoms with E-state index >= 15 is 0 Å². The van der Waals surface area contributed by atoms with Crippen LogP contribution in [0.1, 0.15) is 60.3 Å². The predicted octanol–water partition coefficient (Wildman–Crippen LogP) is 4.56. The molecule has 0 N–H and O–H groups in total. The van der Waals surface area contributed by atoms with E-state index in [9.17, 15) is 0 Å². The molecule has 0 rings (SSSR count). The third kappa shape index (κ3) is 7.23. The Labute approximate surface area is 121 Å². The highest BCUT2D eigenvalue weighted by Gasteiger charge is 2.39. The molecule has 114 valence electrons. The Balaban J connectivity index is 4.64. The summed E-state index contributed by atoms with van der Waals surface area (Å²) >= 11 is 0. The zero-order valence-electron chi connectivity index (χ0n) is 13.8. The summed E-state index contributed by atoms with van der Waals surface area (Å²) < 4.78 is 12.1. The van der Waals surface area contributed by atoms with E-state index in [1.54, 1.807) is 0 Å². The third-order valence-electron chi connectivity index (χ3n) is 3.61. The van der Waals surface area contributed by atoms with Crippen molar-refractivity contribution < 1.29 is 8.85 Å². The molecule has 0 saturated heterocycles. The van der Waals surface area contributed by atoms with Crippen LogP contribution in [0.3, 0.4) is 0 Å². The van der Waals surface area contributed by atoms with Crippen molar-refractivity contribution in [3.63, 3.8) is 0 Å². The van der Waals surface area contributed by atoms with Gasteiger partial charge >= 0.3 is 8.56 Å². The van der Waals surface area contributed by atoms with E-state index in [1.807, 2.05) is 0 Å². The van der Waals surface area contributed by atoms with Gasteiger partial charge in [0, 0.05) is 31.0 Å². The molecule has 0 heterocycles. The Bertz CT molecular complexity index is 251. The highest BCUT2D eigenvalue weighted by Crippen LogP contribution is 2.32. The molecule has 0 saturated carbocycles. The maximum atomic E-state index is 6.04. The average Bonchev–Trinajstić information content (AvgIpc) is 2.38. The van der Waals surface area contributed by atoms with Gasteiger partial charge in [-0.2, -0.15) is 0 Å². The zero-order chi connectivity index (χ0) is 14.7. The van der Waals surface area contributed by atoms with Crippen LogP contribution in [0.4, 0.5) is 0 Å². The number of nitrogens with zero attached hydrogens (tertiary/aromatic N) is 1. The number of hydrogen-bond donors (Lipinski definition) is 0. The van der Waals surface area contributed by atoms with Gasteiger partial charge in [-0.05, 0) is 46.6 Å². The van der Waals surface area contributed by atoms with Crippen LogP contribution in [0.2, 0.25) is 12.1 Å². The van der Waals surface area contributed by atoms with Crippen LogP contribution in [-0.2, 0) is 8.85 Å². The minimum Gasteiger partial charge on any atom is -0.394 e. The average molecular weight is 288 g/mol. The second-order valence-electron chi connectivity index (χ2n) is 5.13. The van der Waals surface area contributed by atoms with E-state index in [4.69, 9.17) is 8.85 Å². The second-order valence-corrected chi connectivity index (χ2v) is 8.55. The van der Waals surface area contributed by atoms with Crippen molar-refractivity contribution >= 4 is 14.3 Å². The van der Waals surface area contributed by atoms with E-state index in [1.165, 1.54) is 18.6 Å². The lowest BCUT2D eigenvalue weighted by Gasteiger charge is -2.33. The number of rotatable bonds is 11. The van der Waals surface area contributed by atoms with Gasteiger partial charge in [-0.25, -0.2) is 0 Å². The molecule has 4 heteroatoms. The summed E-state index contributed by atoms with van der Waals surface area (Å²) in [4.78, 5) is 4.63. The molecular formula is C15H33NO2Si. The molecule has 0 aliphatic rings. The molecular weight excluding hydrogens is 254 g/mol. The molecule has 0 bridgehead atoms. The topological polar surface area (TPSA) is 30.8 Å². The highest BCUT2D eigenvalue weighted by atomic mass is 28.4. The first-order valence-corrected chi connectivity index (χ1v) is 10.2. The van der Waals surface area contributed by atoms with Crippen molar-refractivity contribution in [1.82, 2.24) is 0 Å². The van der Waals surface area contributed by atoms with Crippen LogP contribution in [0.5, 0.6) is 0 Å². The first-order chi connectivity index (χ1) is 9.03. The Kier molecular flexibility index (Phi) is 10.5. The van der Waals surface area contributed by atoms with E-state index in [0.717, 1.165) is 32.6 Å². The van der Waals surface area contributed by atoms with Crippen LogP contribution < -0.4 is 0 Å². The van der Waals surface area contributed by atoms with Gasteiger partial charge in [0.2, 0.25) is 0 Å². The molecule has 0 radical (unpaired) electrons. The van der Waals surface area contributed by atoms with E-state index in [2.05, 4.69) is 46.2 Å². The summed E-state index contributed by atoms with van der Waals surface area (Å²) in [5.74, 6) is 0. The first kappa shape index (κ1) is 18.8. The van der Waals surface area contributed by atoms with Crippen LogP contribution in [0, 0.1) is 0 Å². The Morgan fingerprint density at radius 2 is 1.63 bits per heavy atom. The lowest BCUT2D eigenvalue weighted by Crippen LogP contribution is -2.44. The smallest absolute Gasteiger partial charge is 0.338 e. The van der Waals surface area contributed by atoms with Crippen LogP contribution >= 0.6 is 0 Å². The fourth-order valence-electron chi connectivity index (χ4n) is 2.39. The Morgan fingerprint density at radius 1 is 1.05 bits per heavy atom. The van der Waals surface area contributed by atoms with Gasteiger partial charge in [-0.1, -0.05) is 20.3 Å². The van der Waals surface area contributed by atoms with Crippen molar-refractivity contribution in [2.45, 2.75) is 72.4 Å². The summed E-state index contributed by atoms with van der Waals surface area (Å²) in [5, 5.41) is 0. The van der Waals surface area contributed by atoms with E-state index in [0.29, 0.717) is 5.54 Å². The molecule has 3 nitrogen and oxygen atoms in total. The van der Waals surface area contributed by atoms with Crippen molar-refractivity contribution in [3.8, 4) is 0 Å². The lowest BCUT2D eigenvalue weighted by molar-refractivity contribution is 0.175. The molecule has 0 aromatic heterocycles. The molecule has 0 fully saturated rings. The molecule has 0 spiro atoms. The summed E-state index contributed by atoms with van der Waals surface area (Å²) in [7, 11) is -2.05. The molecule has 1 unspecified atom stereocenters. The maximum Gasteiger partial charge on any atom is 0.338 e. The van der Waals surface area contributed by atoms with Gasteiger partial charge in [0.25, 0.3) is 0 Å². The zero-order valence-corrected chi connectivity index (χ0v) is 14.8. The highest BCUT2D eigenvalue weighted by molar-refractivity contribution is 6.67. The van der Waals surface area contributed by atoms with Crippen LogP contribution in [-0.4, -0.2) is 34.0 Å². The molecule has 0 aromatic carbocycles. The monoisotopic (exact) mass is 287 g/mol. The minimum atomic E-state index is -2.05. The fourth-order valence-corrected chi connectivity index (χ4v) is 5.56. The van der Waals surface area contributed by atoms with Crippen molar-refractivity contribution in [2.75, 3.05) is 19.8 Å². The van der Waals surface area contributed by atoms with Gasteiger partial charge in [0.15, 0.2) is 0 Å². The Morgan fingerprint density at radius 3 is 2.05 bits per heavy atom. The SMILES string of the molecule is CCCC(CC/N=C(\C)CC)[Si](C)(OCC)OCC. The quantitative estimate of drug-likeness (QED) is 0.412. The Hall–Kier alpha value is -0.193. The molecule has 0 aromatic rings. The van der Waals surface area contributed by atoms with Gasteiger partial charge < -0.3 is 8.85 Å². The van der Waals surface area contributed by atoms with Crippen molar-refractivity contribution in [1.29, 1.82) is 0 Å². The van der Waals surface area contributed by atoms with Crippen molar-refractivity contribution in [2.24, 2.45) is 4.99 Å². The predicted molar refractivity (Wildman–Crippen MR) is 86.4 cm³/mol. The lowest BCUT2D eigenvalue weighted by atomic mass is 10.2. The van der Waals surface area contributed by atoms with Crippen LogP contribution in [0.25, 0.3) is 0 Å². The number of aliphatic imine (C=N–C) groups is 1. The summed E-state index contributed by atoms with van der Waals surface area (Å²) in [6.45, 7) is 15.3. The molecule has 0 amide bonds. The minimum absolute atomic E-state index is 0.547. The molecule has 19 heavy (non-hydrogen) atoms. The normalized spacial score (nSPS) is 14.7. The number of hydrogen-bond acceptors (Lipinski definition) is 3. The maximum absolute atomic E-state index is 6.04. The summed E-state index contributed by atoms with van der Waals surface area (Å²) in [6.07, 6.45) is 4.51. The van der Waals surface area contributed by atoms with E-state index < -0.39 is 8.56 Å². The van der Waals surface area contributed by atoms with Gasteiger partial charge in [0.05, 0.1) is 0 Å². The second kappa shape index (κ2) is 10.6. The third-order valence-corrected chi connectivity index (χ3v) is 7.40. The molecule has 1 atom stereocenters. The van der Waals surface area contributed by atoms with Gasteiger partial charge in [-0.3, -0.25) is 4.99 Å². The van der Waals surface area contributed by atoms with E-state index in [-0.39, 0.29) is 0 Å². The molecule has 0 aliphatic heterocycles. The standard InChI is InChI=1S/C15H33NO2Si/c1-7-11-15(12-13-16-14(5)8-2)19(6,17-9-3)18-10-4/h15H,7-13H2,1-6H3/b16-14+. The fraction of sp³-hybridized carbons (Fsp3) is 0.933. The summed E-state index contributed by atoms with van der Waals surface area (Å²) in [6, 6.07) is 0. The largest absolute Gasteiger partial charge is 0.394 e. The van der Waals surface area contributed by atoms with Gasteiger partial charge in [0.1, 0.15) is 0 Å². The molecule has 0 aliphatic carbocycles. The van der Waals surface area contributed by atoms with Gasteiger partial charge in [-0.15, -0.1) is 0 Å².